The SMILES string of the molecule is CC(C)(C)OC(=O)NCCNC(=O)CCC(=O)Nc1cccc2c(C(=O)NCC(=O)N3CC(F)(F)C[C@H]3C#N)ccnc12. The van der Waals surface area contributed by atoms with E-state index in [1.807, 2.05) is 0 Å². The summed E-state index contributed by atoms with van der Waals surface area (Å²) in [5.41, 5.74) is 0.0374. The average molecular weight is 602 g/mol. The van der Waals surface area contributed by atoms with Crippen LogP contribution >= 0.6 is 0 Å². The molecule has 0 unspecified atom stereocenters. The van der Waals surface area contributed by atoms with Crippen molar-refractivity contribution in [2.45, 2.75) is 57.6 Å². The van der Waals surface area contributed by atoms with Crippen molar-refractivity contribution >= 4 is 46.3 Å². The fourth-order valence-electron chi connectivity index (χ4n) is 4.23. The van der Waals surface area contributed by atoms with E-state index in [2.05, 4.69) is 26.3 Å². The summed E-state index contributed by atoms with van der Waals surface area (Å²) in [4.78, 5) is 66.6. The number of para-hydroxylation sites is 1. The van der Waals surface area contributed by atoms with Crippen LogP contribution < -0.4 is 21.3 Å². The first-order valence-electron chi connectivity index (χ1n) is 13.5. The molecule has 0 aliphatic carbocycles. The first-order chi connectivity index (χ1) is 20.2. The molecular formula is C28H33F2N7O6. The molecule has 1 aromatic carbocycles. The molecule has 0 saturated carbocycles. The highest BCUT2D eigenvalue weighted by Gasteiger charge is 2.47. The molecule has 4 N–H and O–H groups in total. The van der Waals surface area contributed by atoms with Crippen LogP contribution in [0, 0.1) is 11.3 Å². The van der Waals surface area contributed by atoms with Crippen molar-refractivity contribution in [2.24, 2.45) is 0 Å². The molecule has 5 amide bonds. The van der Waals surface area contributed by atoms with E-state index >= 15 is 0 Å². The Morgan fingerprint density at radius 3 is 2.47 bits per heavy atom. The van der Waals surface area contributed by atoms with Crippen LogP contribution in [0.5, 0.6) is 0 Å². The van der Waals surface area contributed by atoms with Crippen LogP contribution in [0.2, 0.25) is 0 Å². The highest BCUT2D eigenvalue weighted by molar-refractivity contribution is 6.10. The topological polar surface area (TPSA) is 183 Å². The smallest absolute Gasteiger partial charge is 0.407 e. The van der Waals surface area contributed by atoms with E-state index in [0.29, 0.717) is 5.39 Å². The molecule has 2 heterocycles. The number of anilines is 1. The number of carbonyl (C=O) groups excluding carboxylic acids is 5. The van der Waals surface area contributed by atoms with E-state index in [0.717, 1.165) is 4.90 Å². The Hall–Kier alpha value is -4.87. The van der Waals surface area contributed by atoms with Crippen LogP contribution in [-0.4, -0.2) is 83.4 Å². The number of hydrogen-bond acceptors (Lipinski definition) is 8. The molecule has 1 aliphatic heterocycles. The molecule has 0 spiro atoms. The van der Waals surface area contributed by atoms with Crippen molar-refractivity contribution in [1.82, 2.24) is 25.8 Å². The van der Waals surface area contributed by atoms with Gasteiger partial charge >= 0.3 is 6.09 Å². The van der Waals surface area contributed by atoms with Crippen LogP contribution in [0.4, 0.5) is 19.3 Å². The second-order valence-electron chi connectivity index (χ2n) is 10.8. The fourth-order valence-corrected chi connectivity index (χ4v) is 4.23. The summed E-state index contributed by atoms with van der Waals surface area (Å²) in [7, 11) is 0. The lowest BCUT2D eigenvalue weighted by atomic mass is 10.1. The lowest BCUT2D eigenvalue weighted by Crippen LogP contribution is -2.43. The van der Waals surface area contributed by atoms with E-state index < -0.39 is 66.8 Å². The Labute approximate surface area is 246 Å². The van der Waals surface area contributed by atoms with Crippen molar-refractivity contribution in [1.29, 1.82) is 5.26 Å². The van der Waals surface area contributed by atoms with Crippen LogP contribution in [0.3, 0.4) is 0 Å². The fraction of sp³-hybridized carbons (Fsp3) is 0.464. The number of nitriles is 1. The van der Waals surface area contributed by atoms with E-state index in [1.165, 1.54) is 12.3 Å². The van der Waals surface area contributed by atoms with Gasteiger partial charge in [0.15, 0.2) is 0 Å². The summed E-state index contributed by atoms with van der Waals surface area (Å²) in [5.74, 6) is -5.55. The normalized spacial score (nSPS) is 15.7. The molecule has 43 heavy (non-hydrogen) atoms. The van der Waals surface area contributed by atoms with Crippen molar-refractivity contribution in [3.63, 3.8) is 0 Å². The van der Waals surface area contributed by atoms with Crippen LogP contribution in [0.25, 0.3) is 10.9 Å². The predicted molar refractivity (Wildman–Crippen MR) is 150 cm³/mol. The van der Waals surface area contributed by atoms with Gasteiger partial charge in [-0.15, -0.1) is 0 Å². The summed E-state index contributed by atoms with van der Waals surface area (Å²) in [5, 5.41) is 19.6. The molecule has 13 nitrogen and oxygen atoms in total. The largest absolute Gasteiger partial charge is 0.444 e. The third-order valence-electron chi connectivity index (χ3n) is 6.12. The number of ether oxygens (including phenoxy) is 1. The number of carbonyl (C=O) groups is 5. The maximum Gasteiger partial charge on any atom is 0.407 e. The molecule has 0 bridgehead atoms. The van der Waals surface area contributed by atoms with Crippen LogP contribution in [0.15, 0.2) is 30.5 Å². The molecule has 1 fully saturated rings. The van der Waals surface area contributed by atoms with Crippen molar-refractivity contribution in [2.75, 3.05) is 31.5 Å². The van der Waals surface area contributed by atoms with Crippen LogP contribution in [-0.2, 0) is 19.1 Å². The van der Waals surface area contributed by atoms with E-state index in [-0.39, 0.29) is 42.7 Å². The number of rotatable bonds is 10. The van der Waals surface area contributed by atoms with Gasteiger partial charge in [-0.1, -0.05) is 12.1 Å². The first kappa shape index (κ1) is 32.6. The van der Waals surface area contributed by atoms with Crippen molar-refractivity contribution in [3.05, 3.63) is 36.0 Å². The Morgan fingerprint density at radius 2 is 1.77 bits per heavy atom. The number of hydrogen-bond donors (Lipinski definition) is 4. The van der Waals surface area contributed by atoms with Gasteiger partial charge in [-0.25, -0.2) is 13.6 Å². The van der Waals surface area contributed by atoms with Gasteiger partial charge in [-0.2, -0.15) is 5.26 Å². The van der Waals surface area contributed by atoms with Crippen molar-refractivity contribution < 1.29 is 37.5 Å². The molecule has 0 radical (unpaired) electrons. The quantitative estimate of drug-likeness (QED) is 0.299. The van der Waals surface area contributed by atoms with Gasteiger partial charge in [0.05, 0.1) is 35.9 Å². The summed E-state index contributed by atoms with van der Waals surface area (Å²) >= 11 is 0. The molecule has 1 atom stereocenters. The number of nitrogens with one attached hydrogen (secondary N) is 4. The lowest BCUT2D eigenvalue weighted by molar-refractivity contribution is -0.131. The number of aromatic nitrogens is 1. The molecule has 230 valence electrons. The minimum absolute atomic E-state index is 0.117. The molecule has 3 rings (SSSR count). The van der Waals surface area contributed by atoms with Gasteiger partial charge in [0.2, 0.25) is 17.7 Å². The summed E-state index contributed by atoms with van der Waals surface area (Å²) in [6, 6.07) is 6.53. The highest BCUT2D eigenvalue weighted by atomic mass is 19.3. The Kier molecular flexibility index (Phi) is 10.5. The van der Waals surface area contributed by atoms with Gasteiger partial charge in [0.1, 0.15) is 11.6 Å². The number of amides is 5. The minimum Gasteiger partial charge on any atom is -0.444 e. The Bertz CT molecular complexity index is 1440. The van der Waals surface area contributed by atoms with E-state index in [9.17, 15) is 32.8 Å². The average Bonchev–Trinajstić information content (AvgIpc) is 3.26. The number of alkyl carbamates (subject to hydrolysis) is 1. The summed E-state index contributed by atoms with van der Waals surface area (Å²) < 4.78 is 32.4. The Balaban J connectivity index is 1.52. The summed E-state index contributed by atoms with van der Waals surface area (Å²) in [6.07, 6.45) is -0.302. The lowest BCUT2D eigenvalue weighted by Gasteiger charge is -2.19. The maximum absolute atomic E-state index is 13.7. The third kappa shape index (κ3) is 9.59. The zero-order chi connectivity index (χ0) is 31.8. The molecule has 1 aromatic heterocycles. The predicted octanol–water partition coefficient (Wildman–Crippen LogP) is 2.08. The highest BCUT2D eigenvalue weighted by Crippen LogP contribution is 2.31. The van der Waals surface area contributed by atoms with Gasteiger partial charge in [-0.3, -0.25) is 24.2 Å². The standard InChI is InChI=1S/C28H33F2N7O6/c1-27(2,3)43-26(42)34-12-11-32-21(38)7-8-22(39)36-20-6-4-5-18-19(9-10-33-24(18)20)25(41)35-15-23(40)37-16-28(29,30)13-17(37)14-31/h4-6,9-10,17H,7-8,11-13,15-16H2,1-3H3,(H,32,38)(H,34,42)(H,35,41)(H,36,39)/t17-/m0/s1. The second kappa shape index (κ2) is 13.9. The van der Waals surface area contributed by atoms with Crippen LogP contribution in [0.1, 0.15) is 50.4 Å². The van der Waals surface area contributed by atoms with Gasteiger partial charge in [0.25, 0.3) is 11.8 Å². The molecule has 1 aliphatic rings. The van der Waals surface area contributed by atoms with Gasteiger partial charge < -0.3 is 30.9 Å². The molecule has 1 saturated heterocycles. The number of likely N-dealkylation sites (tertiary alicyclic amines) is 1. The first-order valence-corrected chi connectivity index (χ1v) is 13.5. The van der Waals surface area contributed by atoms with E-state index in [1.54, 1.807) is 45.0 Å². The maximum atomic E-state index is 13.7. The number of fused-ring (bicyclic) bond motifs is 1. The molecule has 2 aromatic rings. The third-order valence-corrected chi connectivity index (χ3v) is 6.12. The van der Waals surface area contributed by atoms with Gasteiger partial charge in [0, 0.05) is 43.9 Å². The second-order valence-corrected chi connectivity index (χ2v) is 10.8. The van der Waals surface area contributed by atoms with Gasteiger partial charge in [-0.05, 0) is 32.9 Å². The number of alkyl halides is 2. The monoisotopic (exact) mass is 601 g/mol. The number of pyridine rings is 1. The summed E-state index contributed by atoms with van der Waals surface area (Å²) in [6.45, 7) is 3.99. The minimum atomic E-state index is -3.17. The number of nitrogens with zero attached hydrogens (tertiary/aromatic N) is 3. The van der Waals surface area contributed by atoms with Crippen molar-refractivity contribution in [3.8, 4) is 6.07 Å². The number of benzene rings is 1. The zero-order valence-corrected chi connectivity index (χ0v) is 24.0. The zero-order valence-electron chi connectivity index (χ0n) is 24.0. The molecular weight excluding hydrogens is 568 g/mol. The number of halogens is 2. The van der Waals surface area contributed by atoms with E-state index in [4.69, 9.17) is 10.00 Å². The Morgan fingerprint density at radius 1 is 1.07 bits per heavy atom. The molecule has 15 heteroatoms.